The molecule has 6 heteroatoms. The zero-order chi connectivity index (χ0) is 18.0. The molecule has 0 fully saturated rings. The third kappa shape index (κ3) is 3.09. The van der Waals surface area contributed by atoms with Crippen LogP contribution in [0.3, 0.4) is 0 Å². The minimum atomic E-state index is -1.22. The quantitative estimate of drug-likeness (QED) is 0.851. The third-order valence-electron chi connectivity index (χ3n) is 4.22. The molecule has 25 heavy (non-hydrogen) atoms. The fourth-order valence-corrected chi connectivity index (χ4v) is 3.99. The highest BCUT2D eigenvalue weighted by molar-refractivity contribution is 8.02. The number of carbonyl (C=O) groups is 2. The summed E-state index contributed by atoms with van der Waals surface area (Å²) in [5, 5.41) is 2.85. The number of benzene rings is 2. The van der Waals surface area contributed by atoms with E-state index in [9.17, 15) is 9.59 Å². The maximum Gasteiger partial charge on any atom is 0.252 e. The molecule has 1 unspecified atom stereocenters. The second-order valence-electron chi connectivity index (χ2n) is 5.84. The van der Waals surface area contributed by atoms with Crippen LogP contribution in [0.15, 0.2) is 53.4 Å². The van der Waals surface area contributed by atoms with Gasteiger partial charge in [0.2, 0.25) is 5.91 Å². The topological polar surface area (TPSA) is 58.6 Å². The predicted octanol–water partition coefficient (Wildman–Crippen LogP) is 3.55. The van der Waals surface area contributed by atoms with Crippen LogP contribution in [-0.4, -0.2) is 30.2 Å². The van der Waals surface area contributed by atoms with E-state index in [2.05, 4.69) is 5.32 Å². The minimum absolute atomic E-state index is 0.204. The van der Waals surface area contributed by atoms with Gasteiger partial charge < -0.3 is 15.0 Å². The first kappa shape index (κ1) is 17.4. The molecule has 1 aliphatic heterocycles. The Labute approximate surface area is 151 Å². The molecule has 1 aliphatic rings. The number of anilines is 2. The summed E-state index contributed by atoms with van der Waals surface area (Å²) in [6.45, 7) is 4.10. The molecule has 0 spiro atoms. The molecule has 0 radical (unpaired) electrons. The van der Waals surface area contributed by atoms with Crippen molar-refractivity contribution < 1.29 is 14.3 Å². The molecule has 1 atom stereocenters. The summed E-state index contributed by atoms with van der Waals surface area (Å²) >= 11 is 1.29. The first-order valence-electron chi connectivity index (χ1n) is 8.05. The van der Waals surface area contributed by atoms with Gasteiger partial charge in [0.05, 0.1) is 12.8 Å². The number of carbonyl (C=O) groups excluding carboxylic acids is 2. The van der Waals surface area contributed by atoms with E-state index in [1.807, 2.05) is 31.2 Å². The number of para-hydroxylation sites is 1. The summed E-state index contributed by atoms with van der Waals surface area (Å²) in [5.74, 6) is 0.170. The maximum absolute atomic E-state index is 13.0. The lowest BCUT2D eigenvalue weighted by Crippen LogP contribution is -2.54. The van der Waals surface area contributed by atoms with E-state index in [0.717, 1.165) is 10.6 Å². The van der Waals surface area contributed by atoms with E-state index in [-0.39, 0.29) is 11.8 Å². The Morgan fingerprint density at radius 2 is 1.88 bits per heavy atom. The number of thioether (sulfide) groups is 1. The number of hydrogen-bond donors (Lipinski definition) is 1. The second-order valence-corrected chi connectivity index (χ2v) is 7.30. The zero-order valence-corrected chi connectivity index (χ0v) is 15.2. The summed E-state index contributed by atoms with van der Waals surface area (Å²) < 4.78 is 3.90. The predicted molar refractivity (Wildman–Crippen MR) is 100 cm³/mol. The molecule has 3 rings (SSSR count). The molecule has 1 heterocycles. The molecule has 0 aromatic heterocycles. The van der Waals surface area contributed by atoms with Gasteiger partial charge in [-0.3, -0.25) is 9.59 Å². The number of amides is 2. The van der Waals surface area contributed by atoms with Crippen molar-refractivity contribution in [3.8, 4) is 5.75 Å². The Morgan fingerprint density at radius 3 is 2.52 bits per heavy atom. The fourth-order valence-electron chi connectivity index (χ4n) is 2.78. The third-order valence-corrected chi connectivity index (χ3v) is 5.55. The van der Waals surface area contributed by atoms with Gasteiger partial charge >= 0.3 is 0 Å². The average molecular weight is 356 g/mol. The van der Waals surface area contributed by atoms with Crippen LogP contribution in [0.2, 0.25) is 0 Å². The van der Waals surface area contributed by atoms with Gasteiger partial charge in [0.15, 0.2) is 4.75 Å². The van der Waals surface area contributed by atoms with Gasteiger partial charge in [0, 0.05) is 17.1 Å². The molecular weight excluding hydrogens is 336 g/mol. The highest BCUT2D eigenvalue weighted by Gasteiger charge is 2.48. The van der Waals surface area contributed by atoms with Gasteiger partial charge in [0.1, 0.15) is 5.75 Å². The van der Waals surface area contributed by atoms with Gasteiger partial charge in [-0.25, -0.2) is 0 Å². The van der Waals surface area contributed by atoms with Gasteiger partial charge in [-0.2, -0.15) is 0 Å². The standard InChI is InChI=1S/C19H20N2O3S/c1-4-21-15-7-5-6-8-16(15)25-19(2,18(21)23)17(22)20-13-9-11-14(24-3)12-10-13/h5-12H,4H2,1-3H3,(H,20,22). The Hall–Kier alpha value is -2.47. The zero-order valence-electron chi connectivity index (χ0n) is 14.4. The normalized spacial score (nSPS) is 19.3. The number of methoxy groups -OCH3 is 1. The Balaban J connectivity index is 1.89. The highest BCUT2D eigenvalue weighted by atomic mass is 32.2. The Morgan fingerprint density at radius 1 is 1.20 bits per heavy atom. The molecule has 2 amide bonds. The number of rotatable bonds is 4. The van der Waals surface area contributed by atoms with Crippen LogP contribution in [-0.2, 0) is 9.59 Å². The van der Waals surface area contributed by atoms with E-state index in [1.165, 1.54) is 11.8 Å². The Bertz CT molecular complexity index is 807. The lowest BCUT2D eigenvalue weighted by molar-refractivity contribution is -0.128. The maximum atomic E-state index is 13.0. The summed E-state index contributed by atoms with van der Waals surface area (Å²) in [7, 11) is 1.59. The van der Waals surface area contributed by atoms with Crippen LogP contribution in [0.5, 0.6) is 5.75 Å². The van der Waals surface area contributed by atoms with Crippen molar-refractivity contribution in [2.24, 2.45) is 0 Å². The van der Waals surface area contributed by atoms with Crippen LogP contribution in [0.25, 0.3) is 0 Å². The van der Waals surface area contributed by atoms with Crippen molar-refractivity contribution in [2.75, 3.05) is 23.9 Å². The lowest BCUT2D eigenvalue weighted by Gasteiger charge is -2.38. The van der Waals surface area contributed by atoms with E-state index in [0.29, 0.717) is 18.0 Å². The molecule has 2 aromatic rings. The summed E-state index contributed by atoms with van der Waals surface area (Å²) in [5.41, 5.74) is 1.48. The fraction of sp³-hybridized carbons (Fsp3) is 0.263. The largest absolute Gasteiger partial charge is 0.497 e. The van der Waals surface area contributed by atoms with Crippen molar-refractivity contribution in [3.63, 3.8) is 0 Å². The molecule has 130 valence electrons. The number of nitrogens with one attached hydrogen (secondary N) is 1. The molecule has 5 nitrogen and oxygen atoms in total. The molecule has 0 bridgehead atoms. The van der Waals surface area contributed by atoms with Crippen LogP contribution in [0.4, 0.5) is 11.4 Å². The number of fused-ring (bicyclic) bond motifs is 1. The molecular formula is C19H20N2O3S. The van der Waals surface area contributed by atoms with E-state index in [4.69, 9.17) is 4.74 Å². The van der Waals surface area contributed by atoms with Crippen LogP contribution >= 0.6 is 11.8 Å². The molecule has 0 saturated carbocycles. The highest BCUT2D eigenvalue weighted by Crippen LogP contribution is 2.45. The summed E-state index contributed by atoms with van der Waals surface area (Å²) in [6.07, 6.45) is 0. The van der Waals surface area contributed by atoms with Crippen LogP contribution in [0, 0.1) is 0 Å². The second kappa shape index (κ2) is 6.80. The first-order chi connectivity index (χ1) is 12.0. The van der Waals surface area contributed by atoms with Gasteiger partial charge in [-0.05, 0) is 50.2 Å². The van der Waals surface area contributed by atoms with Crippen molar-refractivity contribution >= 4 is 35.0 Å². The number of ether oxygens (including phenoxy) is 1. The lowest BCUT2D eigenvalue weighted by atomic mass is 10.1. The van der Waals surface area contributed by atoms with Crippen molar-refractivity contribution in [1.82, 2.24) is 0 Å². The summed E-state index contributed by atoms with van der Waals surface area (Å²) in [6, 6.07) is 14.7. The number of hydrogen-bond acceptors (Lipinski definition) is 4. The molecule has 0 aliphatic carbocycles. The minimum Gasteiger partial charge on any atom is -0.497 e. The molecule has 0 saturated heterocycles. The SMILES string of the molecule is CCN1C(=O)C(C)(C(=O)Nc2ccc(OC)cc2)Sc2ccccc21. The monoisotopic (exact) mass is 356 g/mol. The summed E-state index contributed by atoms with van der Waals surface area (Å²) in [4.78, 5) is 28.5. The van der Waals surface area contributed by atoms with E-state index in [1.54, 1.807) is 43.2 Å². The van der Waals surface area contributed by atoms with Crippen molar-refractivity contribution in [3.05, 3.63) is 48.5 Å². The first-order valence-corrected chi connectivity index (χ1v) is 8.86. The van der Waals surface area contributed by atoms with Gasteiger partial charge in [0.25, 0.3) is 5.91 Å². The Kier molecular flexibility index (Phi) is 4.72. The average Bonchev–Trinajstić information content (AvgIpc) is 2.63. The molecule has 2 aromatic carbocycles. The van der Waals surface area contributed by atoms with Crippen LogP contribution in [0.1, 0.15) is 13.8 Å². The van der Waals surface area contributed by atoms with Crippen LogP contribution < -0.4 is 15.0 Å². The smallest absolute Gasteiger partial charge is 0.252 e. The van der Waals surface area contributed by atoms with Crippen molar-refractivity contribution in [1.29, 1.82) is 0 Å². The van der Waals surface area contributed by atoms with Gasteiger partial charge in [-0.15, -0.1) is 0 Å². The number of nitrogens with zero attached hydrogens (tertiary/aromatic N) is 1. The molecule has 1 N–H and O–H groups in total. The van der Waals surface area contributed by atoms with E-state index < -0.39 is 4.75 Å². The van der Waals surface area contributed by atoms with Crippen molar-refractivity contribution in [2.45, 2.75) is 23.5 Å². The van der Waals surface area contributed by atoms with E-state index >= 15 is 0 Å². The van der Waals surface area contributed by atoms with Gasteiger partial charge in [-0.1, -0.05) is 23.9 Å².